The Morgan fingerprint density at radius 2 is 1.76 bits per heavy atom. The number of ether oxygens (including phenoxy) is 1. The first-order chi connectivity index (χ1) is 10.1. The van der Waals surface area contributed by atoms with E-state index >= 15 is 0 Å². The second-order valence-corrected chi connectivity index (χ2v) is 6.50. The minimum Gasteiger partial charge on any atom is -0.497 e. The third kappa shape index (κ3) is 4.91. The van der Waals surface area contributed by atoms with Crippen LogP contribution in [0.4, 0.5) is 0 Å². The van der Waals surface area contributed by atoms with Crippen molar-refractivity contribution in [1.29, 1.82) is 0 Å². The first kappa shape index (κ1) is 16.7. The van der Waals surface area contributed by atoms with E-state index in [9.17, 15) is 0 Å². The summed E-state index contributed by atoms with van der Waals surface area (Å²) in [6.45, 7) is 0. The molecule has 1 unspecified atom stereocenters. The molecule has 0 amide bonds. The van der Waals surface area contributed by atoms with Crippen LogP contribution in [0.15, 0.2) is 42.5 Å². The van der Waals surface area contributed by atoms with Crippen molar-refractivity contribution in [3.8, 4) is 5.75 Å². The second-order valence-electron chi connectivity index (χ2n) is 5.01. The van der Waals surface area contributed by atoms with Gasteiger partial charge in [-0.1, -0.05) is 51.3 Å². The van der Waals surface area contributed by atoms with Gasteiger partial charge < -0.3 is 4.74 Å². The molecule has 0 bridgehead atoms. The highest BCUT2D eigenvalue weighted by Crippen LogP contribution is 2.26. The molecule has 0 saturated heterocycles. The smallest absolute Gasteiger partial charge is 0.118 e. The fourth-order valence-electron chi connectivity index (χ4n) is 2.29. The van der Waals surface area contributed by atoms with Gasteiger partial charge in [-0.15, -0.1) is 0 Å². The largest absolute Gasteiger partial charge is 0.497 e. The van der Waals surface area contributed by atoms with Gasteiger partial charge in [0.15, 0.2) is 0 Å². The first-order valence-electron chi connectivity index (χ1n) is 6.75. The van der Waals surface area contributed by atoms with Crippen LogP contribution in [0.1, 0.15) is 11.1 Å². The number of benzene rings is 2. The quantitative estimate of drug-likeness (QED) is 0.569. The van der Waals surface area contributed by atoms with Crippen molar-refractivity contribution in [2.45, 2.75) is 12.8 Å². The predicted octanol–water partition coefficient (Wildman–Crippen LogP) is 5.80. The summed E-state index contributed by atoms with van der Waals surface area (Å²) in [6.07, 6.45) is 1.88. The summed E-state index contributed by atoms with van der Waals surface area (Å²) in [5.41, 5.74) is 2.39. The van der Waals surface area contributed by atoms with Crippen molar-refractivity contribution >= 4 is 39.1 Å². The van der Waals surface area contributed by atoms with Crippen molar-refractivity contribution in [1.82, 2.24) is 0 Å². The average molecular weight is 388 g/mol. The Morgan fingerprint density at radius 3 is 2.38 bits per heavy atom. The summed E-state index contributed by atoms with van der Waals surface area (Å²) in [7, 11) is 1.68. The van der Waals surface area contributed by atoms with E-state index < -0.39 is 0 Å². The van der Waals surface area contributed by atoms with Gasteiger partial charge in [0, 0.05) is 15.4 Å². The Hall–Kier alpha value is -0.700. The van der Waals surface area contributed by atoms with Gasteiger partial charge >= 0.3 is 0 Å². The maximum atomic E-state index is 6.25. The molecule has 0 N–H and O–H groups in total. The molecule has 0 radical (unpaired) electrons. The zero-order chi connectivity index (χ0) is 15.2. The van der Waals surface area contributed by atoms with Crippen LogP contribution >= 0.6 is 39.1 Å². The van der Waals surface area contributed by atoms with E-state index in [1.807, 2.05) is 30.3 Å². The van der Waals surface area contributed by atoms with Crippen molar-refractivity contribution < 1.29 is 4.74 Å². The average Bonchev–Trinajstić information content (AvgIpc) is 2.51. The topological polar surface area (TPSA) is 9.23 Å². The Bertz CT molecular complexity index is 584. The van der Waals surface area contributed by atoms with E-state index in [1.54, 1.807) is 7.11 Å². The fraction of sp³-hybridized carbons (Fsp3) is 0.294. The molecular weight excluding hydrogens is 371 g/mol. The zero-order valence-electron chi connectivity index (χ0n) is 11.8. The first-order valence-corrected chi connectivity index (χ1v) is 8.63. The molecular formula is C17H17BrCl2O. The lowest BCUT2D eigenvalue weighted by molar-refractivity contribution is 0.414. The molecule has 0 heterocycles. The fourth-order valence-corrected chi connectivity index (χ4v) is 3.13. The molecule has 1 atom stereocenters. The van der Waals surface area contributed by atoms with E-state index in [0.29, 0.717) is 5.92 Å². The van der Waals surface area contributed by atoms with Gasteiger partial charge in [0.25, 0.3) is 0 Å². The Kier molecular flexibility index (Phi) is 6.40. The highest BCUT2D eigenvalue weighted by atomic mass is 79.9. The van der Waals surface area contributed by atoms with E-state index in [4.69, 9.17) is 27.9 Å². The lowest BCUT2D eigenvalue weighted by atomic mass is 9.94. The van der Waals surface area contributed by atoms with Gasteiger partial charge in [0.1, 0.15) is 5.75 Å². The molecule has 2 aromatic rings. The second kappa shape index (κ2) is 8.07. The molecule has 0 fully saturated rings. The van der Waals surface area contributed by atoms with Gasteiger partial charge in [-0.2, -0.15) is 0 Å². The van der Waals surface area contributed by atoms with E-state index in [2.05, 4.69) is 28.1 Å². The van der Waals surface area contributed by atoms with Crippen LogP contribution in [0, 0.1) is 5.92 Å². The summed E-state index contributed by atoms with van der Waals surface area (Å²) in [6, 6.07) is 13.8. The SMILES string of the molecule is COc1ccc(CC(CBr)Cc2cc(Cl)ccc2Cl)cc1. The van der Waals surface area contributed by atoms with E-state index in [1.165, 1.54) is 5.56 Å². The van der Waals surface area contributed by atoms with Crippen LogP contribution in [-0.2, 0) is 12.8 Å². The Balaban J connectivity index is 2.07. The van der Waals surface area contributed by atoms with Crippen LogP contribution in [0.2, 0.25) is 10.0 Å². The maximum absolute atomic E-state index is 6.25. The summed E-state index contributed by atoms with van der Waals surface area (Å²) in [5, 5.41) is 2.43. The van der Waals surface area contributed by atoms with Gasteiger partial charge in [0.2, 0.25) is 0 Å². The van der Waals surface area contributed by atoms with Crippen molar-refractivity contribution in [2.24, 2.45) is 5.92 Å². The minimum atomic E-state index is 0.467. The summed E-state index contributed by atoms with van der Waals surface area (Å²) in [4.78, 5) is 0. The number of methoxy groups -OCH3 is 1. The number of alkyl halides is 1. The molecule has 0 spiro atoms. The number of rotatable bonds is 6. The molecule has 4 heteroatoms. The number of hydrogen-bond donors (Lipinski definition) is 0. The van der Waals surface area contributed by atoms with Crippen LogP contribution in [0.5, 0.6) is 5.75 Å². The Labute approximate surface area is 144 Å². The molecule has 0 aromatic heterocycles. The standard InChI is InChI=1S/C17H17BrCl2O/c1-21-16-5-2-12(3-6-16)8-13(11-18)9-14-10-15(19)4-7-17(14)20/h2-7,10,13H,8-9,11H2,1H3. The van der Waals surface area contributed by atoms with Crippen molar-refractivity contribution in [3.05, 3.63) is 63.6 Å². The van der Waals surface area contributed by atoms with Crippen LogP contribution in [0.3, 0.4) is 0 Å². The molecule has 21 heavy (non-hydrogen) atoms. The van der Waals surface area contributed by atoms with Crippen LogP contribution in [0.25, 0.3) is 0 Å². The molecule has 0 aliphatic carbocycles. The monoisotopic (exact) mass is 386 g/mol. The molecule has 112 valence electrons. The number of hydrogen-bond acceptors (Lipinski definition) is 1. The van der Waals surface area contributed by atoms with Gasteiger partial charge in [0.05, 0.1) is 7.11 Å². The predicted molar refractivity (Wildman–Crippen MR) is 94.1 cm³/mol. The molecule has 2 rings (SSSR count). The minimum absolute atomic E-state index is 0.467. The lowest BCUT2D eigenvalue weighted by Gasteiger charge is -2.15. The summed E-state index contributed by atoms with van der Waals surface area (Å²) >= 11 is 15.9. The van der Waals surface area contributed by atoms with Gasteiger partial charge in [-0.3, -0.25) is 0 Å². The van der Waals surface area contributed by atoms with E-state index in [-0.39, 0.29) is 0 Å². The Morgan fingerprint density at radius 1 is 1.05 bits per heavy atom. The van der Waals surface area contributed by atoms with Crippen molar-refractivity contribution in [3.63, 3.8) is 0 Å². The maximum Gasteiger partial charge on any atom is 0.118 e. The summed E-state index contributed by atoms with van der Waals surface area (Å²) in [5.74, 6) is 1.35. The molecule has 0 aliphatic rings. The molecule has 0 aliphatic heterocycles. The van der Waals surface area contributed by atoms with Gasteiger partial charge in [-0.05, 0) is 60.2 Å². The zero-order valence-corrected chi connectivity index (χ0v) is 14.9. The lowest BCUT2D eigenvalue weighted by Crippen LogP contribution is -2.10. The van der Waals surface area contributed by atoms with E-state index in [0.717, 1.165) is 39.5 Å². The highest BCUT2D eigenvalue weighted by Gasteiger charge is 2.12. The molecule has 0 saturated carbocycles. The third-order valence-electron chi connectivity index (χ3n) is 3.42. The molecule has 1 nitrogen and oxygen atoms in total. The normalized spacial score (nSPS) is 12.2. The van der Waals surface area contributed by atoms with Crippen LogP contribution < -0.4 is 4.74 Å². The number of halogens is 3. The van der Waals surface area contributed by atoms with Crippen LogP contribution in [-0.4, -0.2) is 12.4 Å². The third-order valence-corrected chi connectivity index (χ3v) is 4.94. The van der Waals surface area contributed by atoms with Crippen molar-refractivity contribution in [2.75, 3.05) is 12.4 Å². The molecule has 2 aromatic carbocycles. The van der Waals surface area contributed by atoms with Gasteiger partial charge in [-0.25, -0.2) is 0 Å². The summed E-state index contributed by atoms with van der Waals surface area (Å²) < 4.78 is 5.18. The highest BCUT2D eigenvalue weighted by molar-refractivity contribution is 9.09.